The molecule has 0 aliphatic carbocycles. The fraction of sp³-hybridized carbons (Fsp3) is 0.133. The van der Waals surface area contributed by atoms with Crippen LogP contribution in [0.5, 0.6) is 0 Å². The quantitative estimate of drug-likeness (QED) is 0.757. The molecule has 0 saturated carbocycles. The fourth-order valence-electron chi connectivity index (χ4n) is 2.30. The molecule has 3 heteroatoms. The molecule has 0 saturated heterocycles. The molecule has 1 heterocycles. The van der Waals surface area contributed by atoms with Crippen molar-refractivity contribution in [2.45, 2.75) is 12.8 Å². The molecule has 0 spiro atoms. The molecule has 0 radical (unpaired) electrons. The van der Waals surface area contributed by atoms with Gasteiger partial charge >= 0.3 is 0 Å². The summed E-state index contributed by atoms with van der Waals surface area (Å²) in [7, 11) is 0. The Kier molecular flexibility index (Phi) is 2.80. The summed E-state index contributed by atoms with van der Waals surface area (Å²) >= 11 is 5.88. The van der Waals surface area contributed by atoms with Gasteiger partial charge in [-0.25, -0.2) is 0 Å². The molecule has 1 aliphatic heterocycles. The number of carbonyl (C=O) groups excluding carboxylic acids is 1. The summed E-state index contributed by atoms with van der Waals surface area (Å²) in [5.74, 6) is 0.135. The Bertz CT molecular complexity index is 592. The maximum Gasteiger partial charge on any atom is 0.231 e. The standard InChI is InChI=1S/C15H12ClNO/c16-12-6-8-13(9-7-12)17-14-4-2-1-3-11(14)5-10-15(17)18/h1-4,6-9H,5,10H2. The van der Waals surface area contributed by atoms with Crippen molar-refractivity contribution in [2.75, 3.05) is 4.90 Å². The third kappa shape index (κ3) is 1.89. The zero-order chi connectivity index (χ0) is 12.5. The van der Waals surface area contributed by atoms with Crippen LogP contribution in [0, 0.1) is 0 Å². The SMILES string of the molecule is O=C1CCc2ccccc2N1c1ccc(Cl)cc1. The molecule has 2 aromatic carbocycles. The number of carbonyl (C=O) groups is 1. The van der Waals surface area contributed by atoms with Crippen LogP contribution in [0.2, 0.25) is 5.02 Å². The first-order valence-electron chi connectivity index (χ1n) is 5.92. The zero-order valence-corrected chi connectivity index (χ0v) is 10.5. The van der Waals surface area contributed by atoms with Crippen LogP contribution in [-0.4, -0.2) is 5.91 Å². The molecule has 2 aromatic rings. The summed E-state index contributed by atoms with van der Waals surface area (Å²) in [5.41, 5.74) is 3.07. The fourth-order valence-corrected chi connectivity index (χ4v) is 2.43. The molecular formula is C15H12ClNO. The molecule has 0 N–H and O–H groups in total. The predicted molar refractivity (Wildman–Crippen MR) is 73.4 cm³/mol. The van der Waals surface area contributed by atoms with Gasteiger partial charge in [0.25, 0.3) is 0 Å². The van der Waals surface area contributed by atoms with Gasteiger partial charge in [0.1, 0.15) is 0 Å². The third-order valence-electron chi connectivity index (χ3n) is 3.17. The molecule has 0 bridgehead atoms. The molecule has 0 aromatic heterocycles. The van der Waals surface area contributed by atoms with E-state index in [4.69, 9.17) is 11.6 Å². The molecule has 0 unspecified atom stereocenters. The van der Waals surface area contributed by atoms with Gasteiger partial charge in [0.05, 0.1) is 5.69 Å². The summed E-state index contributed by atoms with van der Waals surface area (Å²) < 4.78 is 0. The van der Waals surface area contributed by atoms with E-state index in [0.717, 1.165) is 17.8 Å². The van der Waals surface area contributed by atoms with Crippen LogP contribution >= 0.6 is 11.6 Å². The van der Waals surface area contributed by atoms with Gasteiger partial charge in [-0.1, -0.05) is 29.8 Å². The normalized spacial score (nSPS) is 14.5. The number of para-hydroxylation sites is 1. The van der Waals surface area contributed by atoms with E-state index < -0.39 is 0 Å². The van der Waals surface area contributed by atoms with E-state index in [1.165, 1.54) is 5.56 Å². The second kappa shape index (κ2) is 4.46. The molecule has 1 aliphatic rings. The van der Waals surface area contributed by atoms with Gasteiger partial charge in [-0.2, -0.15) is 0 Å². The zero-order valence-electron chi connectivity index (χ0n) is 9.77. The van der Waals surface area contributed by atoms with Gasteiger partial charge in [0.2, 0.25) is 5.91 Å². The Morgan fingerprint density at radius 3 is 2.44 bits per heavy atom. The first-order valence-corrected chi connectivity index (χ1v) is 6.30. The van der Waals surface area contributed by atoms with Crippen LogP contribution in [0.15, 0.2) is 48.5 Å². The summed E-state index contributed by atoms with van der Waals surface area (Å²) in [6, 6.07) is 15.4. The van der Waals surface area contributed by atoms with E-state index in [-0.39, 0.29) is 5.91 Å². The Morgan fingerprint density at radius 2 is 1.67 bits per heavy atom. The van der Waals surface area contributed by atoms with Crippen LogP contribution < -0.4 is 4.90 Å². The Labute approximate surface area is 111 Å². The van der Waals surface area contributed by atoms with E-state index >= 15 is 0 Å². The Balaban J connectivity index is 2.10. The van der Waals surface area contributed by atoms with Gasteiger partial charge in [-0.05, 0) is 42.3 Å². The van der Waals surface area contributed by atoms with Gasteiger partial charge in [-0.15, -0.1) is 0 Å². The lowest BCUT2D eigenvalue weighted by molar-refractivity contribution is -0.118. The highest BCUT2D eigenvalue weighted by atomic mass is 35.5. The van der Waals surface area contributed by atoms with Crippen molar-refractivity contribution in [1.82, 2.24) is 0 Å². The lowest BCUT2D eigenvalue weighted by Gasteiger charge is -2.29. The number of benzene rings is 2. The number of aryl methyl sites for hydroxylation is 1. The topological polar surface area (TPSA) is 20.3 Å². The highest BCUT2D eigenvalue weighted by molar-refractivity contribution is 6.30. The minimum atomic E-state index is 0.135. The van der Waals surface area contributed by atoms with Crippen molar-refractivity contribution < 1.29 is 4.79 Å². The molecule has 2 nitrogen and oxygen atoms in total. The van der Waals surface area contributed by atoms with Gasteiger partial charge < -0.3 is 0 Å². The highest BCUT2D eigenvalue weighted by Gasteiger charge is 2.24. The number of hydrogen-bond acceptors (Lipinski definition) is 1. The minimum absolute atomic E-state index is 0.135. The number of hydrogen-bond donors (Lipinski definition) is 0. The summed E-state index contributed by atoms with van der Waals surface area (Å²) in [6.45, 7) is 0. The maximum absolute atomic E-state index is 12.1. The third-order valence-corrected chi connectivity index (χ3v) is 3.43. The summed E-state index contributed by atoms with van der Waals surface area (Å²) in [4.78, 5) is 13.9. The minimum Gasteiger partial charge on any atom is -0.281 e. The molecule has 0 fully saturated rings. The summed E-state index contributed by atoms with van der Waals surface area (Å²) in [6.07, 6.45) is 1.37. The van der Waals surface area contributed by atoms with Gasteiger partial charge in [0, 0.05) is 17.1 Å². The van der Waals surface area contributed by atoms with E-state index in [0.29, 0.717) is 11.4 Å². The van der Waals surface area contributed by atoms with Crippen LogP contribution in [0.4, 0.5) is 11.4 Å². The van der Waals surface area contributed by atoms with Crippen molar-refractivity contribution in [2.24, 2.45) is 0 Å². The molecule has 90 valence electrons. The van der Waals surface area contributed by atoms with E-state index in [1.54, 1.807) is 17.0 Å². The second-order valence-corrected chi connectivity index (χ2v) is 4.77. The molecule has 18 heavy (non-hydrogen) atoms. The van der Waals surface area contributed by atoms with E-state index in [9.17, 15) is 4.79 Å². The molecule has 3 rings (SSSR count). The van der Waals surface area contributed by atoms with E-state index in [2.05, 4.69) is 6.07 Å². The van der Waals surface area contributed by atoms with Crippen molar-refractivity contribution in [1.29, 1.82) is 0 Å². The average Bonchev–Trinajstić information content (AvgIpc) is 2.40. The van der Waals surface area contributed by atoms with Crippen molar-refractivity contribution in [3.63, 3.8) is 0 Å². The first kappa shape index (κ1) is 11.3. The summed E-state index contributed by atoms with van der Waals surface area (Å²) in [5, 5.41) is 0.677. The first-order chi connectivity index (χ1) is 8.75. The molecule has 1 amide bonds. The number of amides is 1. The van der Waals surface area contributed by atoms with Gasteiger partial charge in [0.15, 0.2) is 0 Å². The highest BCUT2D eigenvalue weighted by Crippen LogP contribution is 2.34. The molecule has 0 atom stereocenters. The number of nitrogens with zero attached hydrogens (tertiary/aromatic N) is 1. The van der Waals surface area contributed by atoms with Crippen LogP contribution in [0.3, 0.4) is 0 Å². The molecular weight excluding hydrogens is 246 g/mol. The predicted octanol–water partition coefficient (Wildman–Crippen LogP) is 3.95. The Hall–Kier alpha value is -1.80. The maximum atomic E-state index is 12.1. The van der Waals surface area contributed by atoms with Crippen LogP contribution in [-0.2, 0) is 11.2 Å². The monoisotopic (exact) mass is 257 g/mol. The van der Waals surface area contributed by atoms with Crippen LogP contribution in [0.1, 0.15) is 12.0 Å². The smallest absolute Gasteiger partial charge is 0.231 e. The lowest BCUT2D eigenvalue weighted by atomic mass is 10.0. The number of fused-ring (bicyclic) bond motifs is 1. The largest absolute Gasteiger partial charge is 0.281 e. The number of rotatable bonds is 1. The lowest BCUT2D eigenvalue weighted by Crippen LogP contribution is -2.30. The van der Waals surface area contributed by atoms with Crippen molar-refractivity contribution >= 4 is 28.9 Å². The van der Waals surface area contributed by atoms with Crippen molar-refractivity contribution in [3.05, 3.63) is 59.1 Å². The average molecular weight is 258 g/mol. The van der Waals surface area contributed by atoms with Gasteiger partial charge in [-0.3, -0.25) is 9.69 Å². The number of anilines is 2. The van der Waals surface area contributed by atoms with Crippen LogP contribution in [0.25, 0.3) is 0 Å². The number of halogens is 1. The second-order valence-electron chi connectivity index (χ2n) is 4.33. The Morgan fingerprint density at radius 1 is 0.944 bits per heavy atom. The van der Waals surface area contributed by atoms with Crippen molar-refractivity contribution in [3.8, 4) is 0 Å². The van der Waals surface area contributed by atoms with E-state index in [1.807, 2.05) is 30.3 Å².